The summed E-state index contributed by atoms with van der Waals surface area (Å²) in [5.74, 6) is 1.45. The van der Waals surface area contributed by atoms with Gasteiger partial charge in [0.05, 0.1) is 6.10 Å². The second kappa shape index (κ2) is 5.41. The van der Waals surface area contributed by atoms with Crippen LogP contribution < -0.4 is 5.32 Å². The first-order chi connectivity index (χ1) is 7.78. The number of methoxy groups -OCH3 is 1. The van der Waals surface area contributed by atoms with Crippen LogP contribution in [-0.2, 0) is 17.6 Å². The van der Waals surface area contributed by atoms with Gasteiger partial charge in [-0.3, -0.25) is 0 Å². The lowest BCUT2D eigenvalue weighted by Gasteiger charge is -2.03. The lowest BCUT2D eigenvalue weighted by molar-refractivity contribution is 0.116. The maximum atomic E-state index is 5.16. The topological polar surface area (TPSA) is 60.2 Å². The lowest BCUT2D eigenvalue weighted by Crippen LogP contribution is -2.19. The number of rotatable bonds is 7. The Labute approximate surface area is 95.6 Å². The highest BCUT2D eigenvalue weighted by Crippen LogP contribution is 2.18. The van der Waals surface area contributed by atoms with Crippen molar-refractivity contribution in [3.8, 4) is 0 Å². The van der Waals surface area contributed by atoms with Crippen molar-refractivity contribution in [2.45, 2.75) is 44.8 Å². The number of nitrogens with one attached hydrogen (secondary N) is 1. The SMILES string of the molecule is COC(C)Cc1noc(CCNC2CC2)n1. The van der Waals surface area contributed by atoms with E-state index in [1.165, 1.54) is 12.8 Å². The van der Waals surface area contributed by atoms with Crippen LogP contribution in [0.1, 0.15) is 31.5 Å². The molecule has 1 aromatic rings. The van der Waals surface area contributed by atoms with Gasteiger partial charge in [0, 0.05) is 32.5 Å². The van der Waals surface area contributed by atoms with Gasteiger partial charge in [0.15, 0.2) is 5.82 Å². The van der Waals surface area contributed by atoms with Crippen LogP contribution in [0.2, 0.25) is 0 Å². The highest BCUT2D eigenvalue weighted by atomic mass is 16.5. The third-order valence-corrected chi connectivity index (χ3v) is 2.73. The van der Waals surface area contributed by atoms with Gasteiger partial charge >= 0.3 is 0 Å². The fourth-order valence-corrected chi connectivity index (χ4v) is 1.49. The second-order valence-corrected chi connectivity index (χ2v) is 4.33. The van der Waals surface area contributed by atoms with E-state index in [2.05, 4.69) is 15.5 Å². The average molecular weight is 225 g/mol. The van der Waals surface area contributed by atoms with Gasteiger partial charge in [0.2, 0.25) is 5.89 Å². The smallest absolute Gasteiger partial charge is 0.227 e. The molecule has 1 fully saturated rings. The number of hydrogen-bond acceptors (Lipinski definition) is 5. The van der Waals surface area contributed by atoms with Crippen LogP contribution in [-0.4, -0.2) is 35.9 Å². The molecular formula is C11H19N3O2. The molecule has 5 heteroatoms. The summed E-state index contributed by atoms with van der Waals surface area (Å²) in [4.78, 5) is 4.32. The third kappa shape index (κ3) is 3.57. The van der Waals surface area contributed by atoms with Gasteiger partial charge < -0.3 is 14.6 Å². The Balaban J connectivity index is 1.72. The summed E-state index contributed by atoms with van der Waals surface area (Å²) in [6, 6.07) is 0.732. The van der Waals surface area contributed by atoms with Crippen LogP contribution in [0.15, 0.2) is 4.52 Å². The number of nitrogens with zero attached hydrogens (tertiary/aromatic N) is 2. The summed E-state index contributed by atoms with van der Waals surface area (Å²) >= 11 is 0. The van der Waals surface area contributed by atoms with Crippen LogP contribution in [0.4, 0.5) is 0 Å². The van der Waals surface area contributed by atoms with Gasteiger partial charge in [-0.05, 0) is 19.8 Å². The Morgan fingerprint density at radius 2 is 2.38 bits per heavy atom. The van der Waals surface area contributed by atoms with Gasteiger partial charge in [-0.25, -0.2) is 0 Å². The number of ether oxygens (including phenoxy) is 1. The minimum Gasteiger partial charge on any atom is -0.381 e. The molecule has 1 saturated carbocycles. The molecule has 0 bridgehead atoms. The molecule has 1 atom stereocenters. The maximum absolute atomic E-state index is 5.16. The Hall–Kier alpha value is -0.940. The van der Waals surface area contributed by atoms with Crippen molar-refractivity contribution in [2.24, 2.45) is 0 Å². The summed E-state index contributed by atoms with van der Waals surface area (Å²) in [6.07, 6.45) is 4.26. The molecule has 1 aromatic heterocycles. The molecule has 1 unspecified atom stereocenters. The van der Waals surface area contributed by atoms with Gasteiger partial charge in [-0.15, -0.1) is 0 Å². The van der Waals surface area contributed by atoms with Crippen LogP contribution in [0, 0.1) is 0 Å². The van der Waals surface area contributed by atoms with E-state index in [-0.39, 0.29) is 6.10 Å². The monoisotopic (exact) mass is 225 g/mol. The summed E-state index contributed by atoms with van der Waals surface area (Å²) in [5, 5.41) is 7.34. The van der Waals surface area contributed by atoms with Crippen molar-refractivity contribution >= 4 is 0 Å². The average Bonchev–Trinajstić information content (AvgIpc) is 2.99. The fraction of sp³-hybridized carbons (Fsp3) is 0.818. The summed E-state index contributed by atoms with van der Waals surface area (Å²) in [5.41, 5.74) is 0. The van der Waals surface area contributed by atoms with Crippen molar-refractivity contribution in [1.29, 1.82) is 0 Å². The van der Waals surface area contributed by atoms with Crippen molar-refractivity contribution in [1.82, 2.24) is 15.5 Å². The van der Waals surface area contributed by atoms with E-state index in [0.29, 0.717) is 12.3 Å². The molecule has 0 amide bonds. The van der Waals surface area contributed by atoms with Gasteiger partial charge in [-0.1, -0.05) is 5.16 Å². The molecular weight excluding hydrogens is 206 g/mol. The molecule has 16 heavy (non-hydrogen) atoms. The molecule has 1 aliphatic rings. The molecule has 1 N–H and O–H groups in total. The minimum atomic E-state index is 0.134. The Morgan fingerprint density at radius 1 is 1.56 bits per heavy atom. The van der Waals surface area contributed by atoms with Crippen LogP contribution in [0.5, 0.6) is 0 Å². The van der Waals surface area contributed by atoms with Crippen molar-refractivity contribution < 1.29 is 9.26 Å². The van der Waals surface area contributed by atoms with Crippen molar-refractivity contribution in [3.63, 3.8) is 0 Å². The highest BCUT2D eigenvalue weighted by molar-refractivity contribution is 4.89. The lowest BCUT2D eigenvalue weighted by atomic mass is 10.3. The third-order valence-electron chi connectivity index (χ3n) is 2.73. The van der Waals surface area contributed by atoms with Gasteiger partial charge in [0.1, 0.15) is 0 Å². The summed E-state index contributed by atoms with van der Waals surface area (Å²) < 4.78 is 10.3. The molecule has 1 heterocycles. The molecule has 2 rings (SSSR count). The quantitative estimate of drug-likeness (QED) is 0.748. The first kappa shape index (κ1) is 11.5. The number of aromatic nitrogens is 2. The van der Waals surface area contributed by atoms with E-state index >= 15 is 0 Å². The van der Waals surface area contributed by atoms with Crippen LogP contribution >= 0.6 is 0 Å². The van der Waals surface area contributed by atoms with Gasteiger partial charge in [0.25, 0.3) is 0 Å². The first-order valence-electron chi connectivity index (χ1n) is 5.85. The number of hydrogen-bond donors (Lipinski definition) is 1. The van der Waals surface area contributed by atoms with Crippen molar-refractivity contribution in [2.75, 3.05) is 13.7 Å². The van der Waals surface area contributed by atoms with E-state index in [4.69, 9.17) is 9.26 Å². The van der Waals surface area contributed by atoms with Crippen molar-refractivity contribution in [3.05, 3.63) is 11.7 Å². The molecule has 1 aliphatic carbocycles. The van der Waals surface area contributed by atoms with E-state index < -0.39 is 0 Å². The predicted octanol–water partition coefficient (Wildman–Crippen LogP) is 0.941. The fourth-order valence-electron chi connectivity index (χ4n) is 1.49. The highest BCUT2D eigenvalue weighted by Gasteiger charge is 2.20. The van der Waals surface area contributed by atoms with E-state index in [0.717, 1.165) is 24.8 Å². The minimum absolute atomic E-state index is 0.134. The molecule has 0 radical (unpaired) electrons. The van der Waals surface area contributed by atoms with Crippen LogP contribution in [0.3, 0.4) is 0 Å². The van der Waals surface area contributed by atoms with E-state index in [1.54, 1.807) is 7.11 Å². The van der Waals surface area contributed by atoms with E-state index in [9.17, 15) is 0 Å². The molecule has 0 spiro atoms. The second-order valence-electron chi connectivity index (χ2n) is 4.33. The molecule has 90 valence electrons. The van der Waals surface area contributed by atoms with Crippen LogP contribution in [0.25, 0.3) is 0 Å². The normalized spacial score (nSPS) is 17.6. The first-order valence-corrected chi connectivity index (χ1v) is 5.85. The van der Waals surface area contributed by atoms with E-state index in [1.807, 2.05) is 6.92 Å². The molecule has 5 nitrogen and oxygen atoms in total. The molecule has 0 aliphatic heterocycles. The molecule has 0 saturated heterocycles. The summed E-state index contributed by atoms with van der Waals surface area (Å²) in [7, 11) is 1.69. The predicted molar refractivity (Wildman–Crippen MR) is 59.2 cm³/mol. The maximum Gasteiger partial charge on any atom is 0.227 e. The largest absolute Gasteiger partial charge is 0.381 e. The molecule has 0 aromatic carbocycles. The Bertz CT molecular complexity index is 323. The zero-order valence-corrected chi connectivity index (χ0v) is 9.90. The Morgan fingerprint density at radius 3 is 3.06 bits per heavy atom. The zero-order chi connectivity index (χ0) is 11.4. The Kier molecular flexibility index (Phi) is 3.90. The standard InChI is InChI=1S/C11H19N3O2/c1-8(15-2)7-10-13-11(16-14-10)5-6-12-9-3-4-9/h8-9,12H,3-7H2,1-2H3. The zero-order valence-electron chi connectivity index (χ0n) is 9.90. The van der Waals surface area contributed by atoms with Gasteiger partial charge in [-0.2, -0.15) is 4.98 Å². The summed E-state index contributed by atoms with van der Waals surface area (Å²) in [6.45, 7) is 2.91.